The lowest BCUT2D eigenvalue weighted by molar-refractivity contribution is -0.402. The van der Waals surface area contributed by atoms with E-state index in [0.717, 1.165) is 24.5 Å². The van der Waals surface area contributed by atoms with Gasteiger partial charge in [0.15, 0.2) is 5.76 Å². The average molecular weight is 304 g/mol. The molecule has 2 aromatic rings. The van der Waals surface area contributed by atoms with Gasteiger partial charge in [0.05, 0.1) is 6.07 Å². The molecule has 3 rings (SSSR count). The standard InChI is InChI=1S/C15H13FN2O4/c16-11-3-1-10(2-4-11)9-17(12-5-6-12)15(19)13-7-8-14(22-13)18(20)21/h1-4,7-8,12H,5-6,9H2. The number of carbonyl (C=O) groups excluding carboxylic acids is 1. The van der Waals surface area contributed by atoms with E-state index in [1.807, 2.05) is 0 Å². The molecular formula is C15H13FN2O4. The molecule has 1 amide bonds. The maximum Gasteiger partial charge on any atom is 0.433 e. The number of nitrogens with zero attached hydrogens (tertiary/aromatic N) is 2. The fourth-order valence-electron chi connectivity index (χ4n) is 2.22. The van der Waals surface area contributed by atoms with E-state index < -0.39 is 10.8 Å². The molecule has 1 fully saturated rings. The third-order valence-electron chi connectivity index (χ3n) is 3.50. The Morgan fingerprint density at radius 1 is 1.27 bits per heavy atom. The van der Waals surface area contributed by atoms with E-state index in [-0.39, 0.29) is 23.5 Å². The van der Waals surface area contributed by atoms with Crippen LogP contribution in [0.1, 0.15) is 29.0 Å². The van der Waals surface area contributed by atoms with E-state index in [0.29, 0.717) is 6.54 Å². The Balaban J connectivity index is 1.79. The quantitative estimate of drug-likeness (QED) is 0.628. The lowest BCUT2D eigenvalue weighted by Gasteiger charge is -2.21. The van der Waals surface area contributed by atoms with E-state index in [1.165, 1.54) is 18.2 Å². The number of nitro groups is 1. The molecule has 1 heterocycles. The maximum absolute atomic E-state index is 12.9. The molecule has 1 aliphatic rings. The van der Waals surface area contributed by atoms with Crippen molar-refractivity contribution in [1.29, 1.82) is 0 Å². The number of halogens is 1. The highest BCUT2D eigenvalue weighted by atomic mass is 19.1. The van der Waals surface area contributed by atoms with Gasteiger partial charge in [-0.25, -0.2) is 4.39 Å². The molecule has 0 saturated heterocycles. The van der Waals surface area contributed by atoms with Crippen LogP contribution >= 0.6 is 0 Å². The molecule has 0 bridgehead atoms. The second-order valence-corrected chi connectivity index (χ2v) is 5.19. The number of benzene rings is 1. The second kappa shape index (κ2) is 5.59. The minimum atomic E-state index is -0.682. The first-order valence-electron chi connectivity index (χ1n) is 6.84. The summed E-state index contributed by atoms with van der Waals surface area (Å²) >= 11 is 0. The van der Waals surface area contributed by atoms with Crippen molar-refractivity contribution in [2.75, 3.05) is 0 Å². The molecule has 114 valence electrons. The number of furan rings is 1. The van der Waals surface area contributed by atoms with Gasteiger partial charge in [-0.15, -0.1) is 0 Å². The van der Waals surface area contributed by atoms with Crippen LogP contribution in [-0.2, 0) is 6.54 Å². The number of rotatable bonds is 5. The molecule has 22 heavy (non-hydrogen) atoms. The predicted octanol–water partition coefficient (Wildman–Crippen LogP) is 3.13. The van der Waals surface area contributed by atoms with Crippen molar-refractivity contribution in [3.63, 3.8) is 0 Å². The van der Waals surface area contributed by atoms with Crippen molar-refractivity contribution in [3.8, 4) is 0 Å². The fourth-order valence-corrected chi connectivity index (χ4v) is 2.22. The van der Waals surface area contributed by atoms with Crippen LogP contribution in [0.15, 0.2) is 40.8 Å². The fraction of sp³-hybridized carbons (Fsp3) is 0.267. The van der Waals surface area contributed by atoms with Crippen molar-refractivity contribution in [2.45, 2.75) is 25.4 Å². The summed E-state index contributed by atoms with van der Waals surface area (Å²) in [5.74, 6) is -1.24. The van der Waals surface area contributed by atoms with Crippen LogP contribution in [0.4, 0.5) is 10.3 Å². The Bertz CT molecular complexity index is 707. The van der Waals surface area contributed by atoms with Gasteiger partial charge in [0, 0.05) is 12.6 Å². The minimum Gasteiger partial charge on any atom is -0.395 e. The first-order chi connectivity index (χ1) is 10.5. The lowest BCUT2D eigenvalue weighted by Crippen LogP contribution is -2.32. The zero-order chi connectivity index (χ0) is 15.7. The number of hydrogen-bond acceptors (Lipinski definition) is 4. The molecule has 7 heteroatoms. The molecule has 0 unspecified atom stereocenters. The van der Waals surface area contributed by atoms with Crippen molar-refractivity contribution in [1.82, 2.24) is 4.90 Å². The van der Waals surface area contributed by atoms with Crippen LogP contribution in [-0.4, -0.2) is 21.8 Å². The van der Waals surface area contributed by atoms with Crippen LogP contribution in [0.2, 0.25) is 0 Å². The Morgan fingerprint density at radius 2 is 1.95 bits per heavy atom. The van der Waals surface area contributed by atoms with Gasteiger partial charge in [-0.1, -0.05) is 12.1 Å². The molecule has 1 saturated carbocycles. The summed E-state index contributed by atoms with van der Waals surface area (Å²) in [4.78, 5) is 24.0. The summed E-state index contributed by atoms with van der Waals surface area (Å²) in [7, 11) is 0. The van der Waals surface area contributed by atoms with E-state index in [4.69, 9.17) is 4.42 Å². The predicted molar refractivity (Wildman–Crippen MR) is 74.7 cm³/mol. The van der Waals surface area contributed by atoms with Gasteiger partial charge in [0.2, 0.25) is 0 Å². The minimum absolute atomic E-state index is 0.0549. The zero-order valence-electron chi connectivity index (χ0n) is 11.6. The van der Waals surface area contributed by atoms with Crippen LogP contribution in [0.25, 0.3) is 0 Å². The van der Waals surface area contributed by atoms with E-state index in [9.17, 15) is 19.3 Å². The summed E-state index contributed by atoms with van der Waals surface area (Å²) in [6.07, 6.45) is 1.77. The SMILES string of the molecule is O=C(c1ccc([N+](=O)[O-])o1)N(Cc1ccc(F)cc1)C1CC1. The third-order valence-corrected chi connectivity index (χ3v) is 3.50. The smallest absolute Gasteiger partial charge is 0.395 e. The van der Waals surface area contributed by atoms with Gasteiger partial charge < -0.3 is 9.32 Å². The molecular weight excluding hydrogens is 291 g/mol. The first-order valence-corrected chi connectivity index (χ1v) is 6.84. The zero-order valence-corrected chi connectivity index (χ0v) is 11.6. The molecule has 1 aliphatic carbocycles. The molecule has 0 spiro atoms. The van der Waals surface area contributed by atoms with Gasteiger partial charge in [0.25, 0.3) is 5.91 Å². The first kappa shape index (κ1) is 14.2. The summed E-state index contributed by atoms with van der Waals surface area (Å²) in [6.45, 7) is 0.318. The monoisotopic (exact) mass is 304 g/mol. The van der Waals surface area contributed by atoms with Crippen LogP contribution < -0.4 is 0 Å². The molecule has 0 N–H and O–H groups in total. The number of carbonyl (C=O) groups is 1. The van der Waals surface area contributed by atoms with Crippen molar-refractivity contribution in [3.05, 3.63) is 63.7 Å². The van der Waals surface area contributed by atoms with Crippen LogP contribution in [0.5, 0.6) is 0 Å². The Morgan fingerprint density at radius 3 is 2.50 bits per heavy atom. The molecule has 1 aromatic carbocycles. The molecule has 0 atom stereocenters. The Kier molecular flexibility index (Phi) is 3.62. The molecule has 6 nitrogen and oxygen atoms in total. The number of amides is 1. The van der Waals surface area contributed by atoms with Gasteiger partial charge in [0.1, 0.15) is 10.7 Å². The van der Waals surface area contributed by atoms with Gasteiger partial charge >= 0.3 is 5.88 Å². The maximum atomic E-state index is 12.9. The summed E-state index contributed by atoms with van der Waals surface area (Å²) in [5.41, 5.74) is 0.794. The van der Waals surface area contributed by atoms with Crippen LogP contribution in [0, 0.1) is 15.9 Å². The normalized spacial score (nSPS) is 13.9. The Hall–Kier alpha value is -2.70. The van der Waals surface area contributed by atoms with Crippen molar-refractivity contribution in [2.24, 2.45) is 0 Å². The van der Waals surface area contributed by atoms with E-state index >= 15 is 0 Å². The summed E-state index contributed by atoms with van der Waals surface area (Å²) < 4.78 is 17.9. The highest BCUT2D eigenvalue weighted by Crippen LogP contribution is 2.30. The Labute approximate surface area is 125 Å². The summed E-state index contributed by atoms with van der Waals surface area (Å²) in [5, 5.41) is 10.6. The van der Waals surface area contributed by atoms with Gasteiger partial charge in [-0.2, -0.15) is 0 Å². The van der Waals surface area contributed by atoms with Crippen molar-refractivity contribution >= 4 is 11.8 Å². The lowest BCUT2D eigenvalue weighted by atomic mass is 10.2. The molecule has 0 radical (unpaired) electrons. The highest BCUT2D eigenvalue weighted by Gasteiger charge is 2.34. The highest BCUT2D eigenvalue weighted by molar-refractivity contribution is 5.92. The van der Waals surface area contributed by atoms with Crippen LogP contribution in [0.3, 0.4) is 0 Å². The van der Waals surface area contributed by atoms with Gasteiger partial charge in [-0.3, -0.25) is 14.9 Å². The van der Waals surface area contributed by atoms with Gasteiger partial charge in [-0.05, 0) is 36.6 Å². The van der Waals surface area contributed by atoms with E-state index in [2.05, 4.69) is 0 Å². The molecule has 0 aliphatic heterocycles. The number of hydrogen-bond donors (Lipinski definition) is 0. The average Bonchev–Trinajstić information content (AvgIpc) is 3.21. The third kappa shape index (κ3) is 2.98. The second-order valence-electron chi connectivity index (χ2n) is 5.19. The van der Waals surface area contributed by atoms with Crippen molar-refractivity contribution < 1.29 is 18.5 Å². The van der Waals surface area contributed by atoms with E-state index in [1.54, 1.807) is 17.0 Å². The summed E-state index contributed by atoms with van der Waals surface area (Å²) in [6, 6.07) is 8.47. The molecule has 1 aromatic heterocycles. The largest absolute Gasteiger partial charge is 0.433 e. The topological polar surface area (TPSA) is 76.6 Å².